The minimum Gasteiger partial charge on any atom is -0.484 e. The highest BCUT2D eigenvalue weighted by molar-refractivity contribution is 8.01. The Bertz CT molecular complexity index is 1090. The molecule has 3 aromatic rings. The Balaban J connectivity index is 1.21. The van der Waals surface area contributed by atoms with Crippen molar-refractivity contribution in [3.05, 3.63) is 47.5 Å². The van der Waals surface area contributed by atoms with Crippen LogP contribution in [0.25, 0.3) is 0 Å². The summed E-state index contributed by atoms with van der Waals surface area (Å²) >= 11 is 8.19. The van der Waals surface area contributed by atoms with Gasteiger partial charge in [0.25, 0.3) is 5.91 Å². The quantitative estimate of drug-likeness (QED) is 0.372. The molecule has 31 heavy (non-hydrogen) atoms. The Morgan fingerprint density at radius 1 is 1.06 bits per heavy atom. The number of amides is 2. The van der Waals surface area contributed by atoms with Crippen LogP contribution >= 0.6 is 34.7 Å². The van der Waals surface area contributed by atoms with Gasteiger partial charge < -0.3 is 19.5 Å². The highest BCUT2D eigenvalue weighted by atomic mass is 35.5. The molecule has 2 amide bonds. The van der Waals surface area contributed by atoms with Gasteiger partial charge in [0.15, 0.2) is 22.4 Å². The molecular weight excluding hydrogens is 464 g/mol. The molecule has 4 rings (SSSR count). The number of ether oxygens (including phenoxy) is 3. The first-order valence-electron chi connectivity index (χ1n) is 8.89. The predicted octanol–water partition coefficient (Wildman–Crippen LogP) is 3.67. The van der Waals surface area contributed by atoms with E-state index in [0.717, 1.165) is 0 Å². The fourth-order valence-corrected chi connectivity index (χ4v) is 4.15. The lowest BCUT2D eigenvalue weighted by Crippen LogP contribution is -2.20. The molecule has 1 aliphatic heterocycles. The molecule has 12 heteroatoms. The number of hydrogen-bond acceptors (Lipinski definition) is 9. The Morgan fingerprint density at radius 3 is 2.71 bits per heavy atom. The molecule has 0 bridgehead atoms. The maximum absolute atomic E-state index is 12.2. The van der Waals surface area contributed by atoms with Crippen LogP contribution in [-0.4, -0.2) is 41.2 Å². The van der Waals surface area contributed by atoms with Gasteiger partial charge in [0, 0.05) is 16.8 Å². The SMILES string of the molecule is O=C(CSc1nnc(NC(=O)COc2ccc(Cl)cc2)s1)Nc1ccc2c(c1)OCO2. The van der Waals surface area contributed by atoms with E-state index in [1.165, 1.54) is 23.1 Å². The molecule has 0 saturated heterocycles. The second-order valence-electron chi connectivity index (χ2n) is 6.07. The molecule has 2 aromatic carbocycles. The van der Waals surface area contributed by atoms with Crippen molar-refractivity contribution in [2.75, 3.05) is 29.8 Å². The number of carbonyl (C=O) groups excluding carboxylic acids is 2. The average Bonchev–Trinajstić information content (AvgIpc) is 3.41. The number of nitrogens with one attached hydrogen (secondary N) is 2. The van der Waals surface area contributed by atoms with Crippen molar-refractivity contribution in [1.82, 2.24) is 10.2 Å². The summed E-state index contributed by atoms with van der Waals surface area (Å²) in [6, 6.07) is 11.9. The lowest BCUT2D eigenvalue weighted by Gasteiger charge is -2.05. The van der Waals surface area contributed by atoms with Crippen LogP contribution in [0.15, 0.2) is 46.8 Å². The molecule has 0 saturated carbocycles. The zero-order valence-electron chi connectivity index (χ0n) is 15.8. The van der Waals surface area contributed by atoms with Gasteiger partial charge in [-0.25, -0.2) is 0 Å². The van der Waals surface area contributed by atoms with Crippen molar-refractivity contribution >= 4 is 57.3 Å². The van der Waals surface area contributed by atoms with Crippen molar-refractivity contribution < 1.29 is 23.8 Å². The second kappa shape index (κ2) is 9.86. The standard InChI is InChI=1S/C19H15ClN4O5S2/c20-11-1-4-13(5-2-11)27-8-16(25)22-18-23-24-19(31-18)30-9-17(26)21-12-3-6-14-15(7-12)29-10-28-14/h1-7H,8-10H2,(H,21,26)(H,22,23,25). The molecule has 9 nitrogen and oxygen atoms in total. The van der Waals surface area contributed by atoms with Crippen LogP contribution < -0.4 is 24.8 Å². The fraction of sp³-hybridized carbons (Fsp3) is 0.158. The van der Waals surface area contributed by atoms with E-state index in [1.807, 2.05) is 0 Å². The summed E-state index contributed by atoms with van der Waals surface area (Å²) in [6.07, 6.45) is 0. The van der Waals surface area contributed by atoms with Crippen molar-refractivity contribution in [2.24, 2.45) is 0 Å². The third-order valence-corrected chi connectivity index (χ3v) is 6.04. The number of benzene rings is 2. The normalized spacial score (nSPS) is 11.8. The van der Waals surface area contributed by atoms with Crippen LogP contribution in [0.5, 0.6) is 17.2 Å². The van der Waals surface area contributed by atoms with Gasteiger partial charge >= 0.3 is 0 Å². The van der Waals surface area contributed by atoms with E-state index in [4.69, 9.17) is 25.8 Å². The number of nitrogens with zero attached hydrogens (tertiary/aromatic N) is 2. The van der Waals surface area contributed by atoms with Crippen LogP contribution in [-0.2, 0) is 9.59 Å². The van der Waals surface area contributed by atoms with Crippen molar-refractivity contribution in [2.45, 2.75) is 4.34 Å². The van der Waals surface area contributed by atoms with E-state index in [0.29, 0.717) is 37.4 Å². The van der Waals surface area contributed by atoms with E-state index >= 15 is 0 Å². The molecule has 2 N–H and O–H groups in total. The summed E-state index contributed by atoms with van der Waals surface area (Å²) < 4.78 is 16.5. The van der Waals surface area contributed by atoms with E-state index < -0.39 is 0 Å². The fourth-order valence-electron chi connectivity index (χ4n) is 2.45. The number of halogens is 1. The molecule has 160 valence electrons. The summed E-state index contributed by atoms with van der Waals surface area (Å²) in [7, 11) is 0. The van der Waals surface area contributed by atoms with Gasteiger partial charge in [0.05, 0.1) is 5.75 Å². The molecule has 0 radical (unpaired) electrons. The Kier molecular flexibility index (Phi) is 6.75. The van der Waals surface area contributed by atoms with Gasteiger partial charge in [-0.15, -0.1) is 10.2 Å². The number of anilines is 2. The maximum atomic E-state index is 12.2. The average molecular weight is 479 g/mol. The van der Waals surface area contributed by atoms with Gasteiger partial charge in [0.1, 0.15) is 5.75 Å². The Hall–Kier alpha value is -3.02. The second-order valence-corrected chi connectivity index (χ2v) is 8.71. The highest BCUT2D eigenvalue weighted by Gasteiger charge is 2.15. The van der Waals surface area contributed by atoms with Crippen LogP contribution in [0, 0.1) is 0 Å². The lowest BCUT2D eigenvalue weighted by molar-refractivity contribution is -0.118. The van der Waals surface area contributed by atoms with Crippen LogP contribution in [0.3, 0.4) is 0 Å². The summed E-state index contributed by atoms with van der Waals surface area (Å²) in [4.78, 5) is 24.2. The summed E-state index contributed by atoms with van der Waals surface area (Å²) in [5, 5.41) is 14.2. The van der Waals surface area contributed by atoms with Crippen molar-refractivity contribution in [1.29, 1.82) is 0 Å². The van der Waals surface area contributed by atoms with E-state index in [1.54, 1.807) is 42.5 Å². The predicted molar refractivity (Wildman–Crippen MR) is 117 cm³/mol. The molecule has 2 heterocycles. The minimum atomic E-state index is -0.372. The van der Waals surface area contributed by atoms with Crippen molar-refractivity contribution in [3.8, 4) is 17.2 Å². The molecule has 0 atom stereocenters. The van der Waals surface area contributed by atoms with Gasteiger partial charge in [-0.3, -0.25) is 14.9 Å². The zero-order chi connectivity index (χ0) is 21.6. The number of fused-ring (bicyclic) bond motifs is 1. The van der Waals surface area contributed by atoms with Crippen LogP contribution in [0.2, 0.25) is 5.02 Å². The molecular formula is C19H15ClN4O5S2. The first kappa shape index (κ1) is 21.2. The van der Waals surface area contributed by atoms with Gasteiger partial charge in [-0.2, -0.15) is 0 Å². The van der Waals surface area contributed by atoms with Gasteiger partial charge in [-0.1, -0.05) is 34.7 Å². The smallest absolute Gasteiger partial charge is 0.264 e. The molecule has 1 aromatic heterocycles. The van der Waals surface area contributed by atoms with E-state index in [9.17, 15) is 9.59 Å². The van der Waals surface area contributed by atoms with Crippen LogP contribution in [0.4, 0.5) is 10.8 Å². The summed E-state index contributed by atoms with van der Waals surface area (Å²) in [5.41, 5.74) is 0.612. The largest absolute Gasteiger partial charge is 0.484 e. The van der Waals surface area contributed by atoms with E-state index in [2.05, 4.69) is 20.8 Å². The van der Waals surface area contributed by atoms with Gasteiger partial charge in [0.2, 0.25) is 17.8 Å². The summed E-state index contributed by atoms with van der Waals surface area (Å²) in [6.45, 7) is -0.00656. The Morgan fingerprint density at radius 2 is 1.87 bits per heavy atom. The molecule has 1 aliphatic rings. The lowest BCUT2D eigenvalue weighted by atomic mass is 10.3. The number of rotatable bonds is 8. The first-order chi connectivity index (χ1) is 15.0. The number of carbonyl (C=O) groups is 2. The molecule has 0 aliphatic carbocycles. The van der Waals surface area contributed by atoms with Gasteiger partial charge in [-0.05, 0) is 36.4 Å². The Labute approximate surface area is 190 Å². The number of hydrogen-bond donors (Lipinski definition) is 2. The number of aromatic nitrogens is 2. The van der Waals surface area contributed by atoms with Crippen molar-refractivity contribution in [3.63, 3.8) is 0 Å². The molecule has 0 fully saturated rings. The zero-order valence-corrected chi connectivity index (χ0v) is 18.2. The topological polar surface area (TPSA) is 112 Å². The number of thioether (sulfide) groups is 1. The third-order valence-electron chi connectivity index (χ3n) is 3.82. The molecule has 0 spiro atoms. The third kappa shape index (κ3) is 6.00. The monoisotopic (exact) mass is 478 g/mol. The molecule has 0 unspecified atom stereocenters. The summed E-state index contributed by atoms with van der Waals surface area (Å²) in [5.74, 6) is 1.33. The minimum absolute atomic E-state index is 0.136. The van der Waals surface area contributed by atoms with E-state index in [-0.39, 0.29) is 31.0 Å². The first-order valence-corrected chi connectivity index (χ1v) is 11.1. The maximum Gasteiger partial charge on any atom is 0.264 e. The van der Waals surface area contributed by atoms with Crippen LogP contribution in [0.1, 0.15) is 0 Å². The highest BCUT2D eigenvalue weighted by Crippen LogP contribution is 2.34.